The highest BCUT2D eigenvalue weighted by molar-refractivity contribution is 7.86. The molecule has 2 atom stereocenters. The van der Waals surface area contributed by atoms with Crippen molar-refractivity contribution in [2.24, 2.45) is 5.92 Å². The summed E-state index contributed by atoms with van der Waals surface area (Å²) in [6.45, 7) is 6.83. The fourth-order valence-electron chi connectivity index (χ4n) is 2.76. The van der Waals surface area contributed by atoms with Crippen LogP contribution < -0.4 is 0 Å². The topological polar surface area (TPSA) is 77.9 Å². The first-order valence-corrected chi connectivity index (χ1v) is 8.75. The van der Waals surface area contributed by atoms with E-state index in [4.69, 9.17) is 0 Å². The van der Waals surface area contributed by atoms with Gasteiger partial charge in [-0.25, -0.2) is 0 Å². The average Bonchev–Trinajstić information content (AvgIpc) is 2.37. The molecule has 118 valence electrons. The maximum Gasteiger partial charge on any atom is 0.322 e. The van der Waals surface area contributed by atoms with E-state index in [0.29, 0.717) is 19.6 Å². The van der Waals surface area contributed by atoms with E-state index in [9.17, 15) is 18.3 Å². The monoisotopic (exact) mass is 306 g/mol. The largest absolute Gasteiger partial charge is 0.480 e. The number of carboxylic acid groups (broad SMARTS) is 1. The number of carboxylic acids is 1. The van der Waals surface area contributed by atoms with Crippen molar-refractivity contribution in [2.75, 3.05) is 19.6 Å². The zero-order valence-corrected chi connectivity index (χ0v) is 13.4. The van der Waals surface area contributed by atoms with Gasteiger partial charge in [0.15, 0.2) is 0 Å². The molecule has 1 aliphatic heterocycles. The summed E-state index contributed by atoms with van der Waals surface area (Å²) >= 11 is 0. The van der Waals surface area contributed by atoms with E-state index in [2.05, 4.69) is 0 Å². The molecule has 0 saturated carbocycles. The van der Waals surface area contributed by atoms with Crippen molar-refractivity contribution < 1.29 is 18.3 Å². The molecule has 6 nitrogen and oxygen atoms in total. The van der Waals surface area contributed by atoms with Crippen LogP contribution in [0.5, 0.6) is 0 Å². The second kappa shape index (κ2) is 7.38. The minimum atomic E-state index is -3.69. The molecule has 0 aromatic carbocycles. The molecule has 0 aliphatic carbocycles. The van der Waals surface area contributed by atoms with E-state index in [1.807, 2.05) is 20.8 Å². The third-order valence-electron chi connectivity index (χ3n) is 3.71. The van der Waals surface area contributed by atoms with E-state index in [0.717, 1.165) is 25.7 Å². The lowest BCUT2D eigenvalue weighted by Gasteiger charge is -2.39. The van der Waals surface area contributed by atoms with Crippen LogP contribution in [0, 0.1) is 5.92 Å². The van der Waals surface area contributed by atoms with Gasteiger partial charge in [-0.2, -0.15) is 17.0 Å². The summed E-state index contributed by atoms with van der Waals surface area (Å²) in [6.07, 6.45) is 2.92. The normalized spacial score (nSPS) is 25.0. The molecule has 0 aromatic heterocycles. The summed E-state index contributed by atoms with van der Waals surface area (Å²) in [5.74, 6) is -1.20. The van der Waals surface area contributed by atoms with Crippen molar-refractivity contribution in [3.8, 4) is 0 Å². The third kappa shape index (κ3) is 3.71. The molecule has 1 rings (SSSR count). The summed E-state index contributed by atoms with van der Waals surface area (Å²) < 4.78 is 28.0. The number of piperidine rings is 1. The van der Waals surface area contributed by atoms with Crippen molar-refractivity contribution in [1.82, 2.24) is 8.61 Å². The van der Waals surface area contributed by atoms with Crippen molar-refractivity contribution in [2.45, 2.75) is 52.5 Å². The molecule has 1 aliphatic rings. The molecular formula is C13H26N2O4S. The molecule has 0 spiro atoms. The summed E-state index contributed by atoms with van der Waals surface area (Å²) in [6, 6.07) is -0.940. The number of hydrogen-bond donors (Lipinski definition) is 1. The molecule has 0 bridgehead atoms. The van der Waals surface area contributed by atoms with Crippen molar-refractivity contribution in [3.63, 3.8) is 0 Å². The van der Waals surface area contributed by atoms with Gasteiger partial charge in [-0.1, -0.05) is 20.8 Å². The molecule has 0 amide bonds. The quantitative estimate of drug-likeness (QED) is 0.774. The first-order chi connectivity index (χ1) is 9.36. The lowest BCUT2D eigenvalue weighted by Crippen LogP contribution is -2.56. The van der Waals surface area contributed by atoms with Gasteiger partial charge in [0.1, 0.15) is 6.04 Å². The van der Waals surface area contributed by atoms with Crippen LogP contribution in [-0.4, -0.2) is 53.8 Å². The van der Waals surface area contributed by atoms with Crippen molar-refractivity contribution in [1.29, 1.82) is 0 Å². The van der Waals surface area contributed by atoms with Gasteiger partial charge < -0.3 is 5.11 Å². The van der Waals surface area contributed by atoms with Gasteiger partial charge in [0.2, 0.25) is 0 Å². The minimum absolute atomic E-state index is 0.152. The van der Waals surface area contributed by atoms with Crippen LogP contribution in [0.2, 0.25) is 0 Å². The molecule has 2 unspecified atom stereocenters. The van der Waals surface area contributed by atoms with Crippen LogP contribution in [0.3, 0.4) is 0 Å². The minimum Gasteiger partial charge on any atom is -0.480 e. The molecule has 7 heteroatoms. The van der Waals surface area contributed by atoms with Gasteiger partial charge in [0, 0.05) is 19.6 Å². The second-order valence-electron chi connectivity index (χ2n) is 5.42. The lowest BCUT2D eigenvalue weighted by atomic mass is 9.93. The summed E-state index contributed by atoms with van der Waals surface area (Å²) in [4.78, 5) is 11.4. The number of rotatable bonds is 7. The first-order valence-electron chi connectivity index (χ1n) is 7.35. The smallest absolute Gasteiger partial charge is 0.322 e. The van der Waals surface area contributed by atoms with Gasteiger partial charge in [0.25, 0.3) is 10.2 Å². The van der Waals surface area contributed by atoms with Gasteiger partial charge in [-0.05, 0) is 31.6 Å². The predicted molar refractivity (Wildman–Crippen MR) is 77.6 cm³/mol. The Hall–Kier alpha value is -0.660. The average molecular weight is 306 g/mol. The van der Waals surface area contributed by atoms with Crippen molar-refractivity contribution in [3.05, 3.63) is 0 Å². The standard InChI is InChI=1S/C13H26N2O4S/c1-4-8-14(9-5-2)20(18,19)15-10-6-7-11(3)12(15)13(16)17/h11-12H,4-10H2,1-3H3,(H,16,17). The molecule has 0 aromatic rings. The Morgan fingerprint density at radius 1 is 1.30 bits per heavy atom. The Bertz CT molecular complexity index is 418. The van der Waals surface area contributed by atoms with Crippen LogP contribution in [0.4, 0.5) is 0 Å². The molecule has 0 radical (unpaired) electrons. The molecule has 1 fully saturated rings. The third-order valence-corrected chi connectivity index (χ3v) is 5.73. The first kappa shape index (κ1) is 17.4. The molecule has 1 N–H and O–H groups in total. The second-order valence-corrected chi connectivity index (χ2v) is 7.30. The van der Waals surface area contributed by atoms with Crippen LogP contribution in [0.1, 0.15) is 46.5 Å². The van der Waals surface area contributed by atoms with E-state index in [1.54, 1.807) is 0 Å². The fraction of sp³-hybridized carbons (Fsp3) is 0.923. The molecule has 1 saturated heterocycles. The zero-order chi connectivity index (χ0) is 15.3. The summed E-state index contributed by atoms with van der Waals surface area (Å²) in [5.41, 5.74) is 0. The van der Waals surface area contributed by atoms with Crippen LogP contribution in [0.25, 0.3) is 0 Å². The Morgan fingerprint density at radius 2 is 1.85 bits per heavy atom. The maximum absolute atomic E-state index is 12.7. The van der Waals surface area contributed by atoms with Gasteiger partial charge in [-0.3, -0.25) is 4.79 Å². The Kier molecular flexibility index (Phi) is 6.42. The highest BCUT2D eigenvalue weighted by Crippen LogP contribution is 2.27. The highest BCUT2D eigenvalue weighted by Gasteiger charge is 2.42. The van der Waals surface area contributed by atoms with E-state index < -0.39 is 22.2 Å². The molecule has 20 heavy (non-hydrogen) atoms. The van der Waals surface area contributed by atoms with Crippen LogP contribution in [0.15, 0.2) is 0 Å². The Labute approximate surface area is 121 Å². The Morgan fingerprint density at radius 3 is 2.30 bits per heavy atom. The SMILES string of the molecule is CCCN(CCC)S(=O)(=O)N1CCCC(C)C1C(=O)O. The number of nitrogens with zero attached hydrogens (tertiary/aromatic N) is 2. The molecular weight excluding hydrogens is 280 g/mol. The van der Waals surface area contributed by atoms with E-state index in [1.165, 1.54) is 8.61 Å². The van der Waals surface area contributed by atoms with E-state index >= 15 is 0 Å². The Balaban J connectivity index is 3.05. The van der Waals surface area contributed by atoms with Crippen molar-refractivity contribution >= 4 is 16.2 Å². The van der Waals surface area contributed by atoms with Gasteiger partial charge in [0.05, 0.1) is 0 Å². The zero-order valence-electron chi connectivity index (χ0n) is 12.6. The lowest BCUT2D eigenvalue weighted by molar-refractivity contribution is -0.144. The van der Waals surface area contributed by atoms with E-state index in [-0.39, 0.29) is 5.92 Å². The predicted octanol–water partition coefficient (Wildman–Crippen LogP) is 1.54. The summed E-state index contributed by atoms with van der Waals surface area (Å²) in [5, 5.41) is 9.36. The highest BCUT2D eigenvalue weighted by atomic mass is 32.2. The fourth-order valence-corrected chi connectivity index (χ4v) is 4.83. The van der Waals surface area contributed by atoms with Crippen LogP contribution >= 0.6 is 0 Å². The number of aliphatic carboxylic acids is 1. The number of carbonyl (C=O) groups is 1. The van der Waals surface area contributed by atoms with Crippen LogP contribution in [-0.2, 0) is 15.0 Å². The van der Waals surface area contributed by atoms with Gasteiger partial charge >= 0.3 is 5.97 Å². The van der Waals surface area contributed by atoms with Gasteiger partial charge in [-0.15, -0.1) is 0 Å². The summed E-state index contributed by atoms with van der Waals surface area (Å²) in [7, 11) is -3.69. The number of hydrogen-bond acceptors (Lipinski definition) is 3. The molecule has 1 heterocycles. The maximum atomic E-state index is 12.7.